The number of carbonyl (C=O) groups is 3. The van der Waals surface area contributed by atoms with E-state index in [2.05, 4.69) is 10.3 Å². The van der Waals surface area contributed by atoms with Crippen molar-refractivity contribution in [3.8, 4) is 0 Å². The molecule has 0 bridgehead atoms. The van der Waals surface area contributed by atoms with Gasteiger partial charge in [0.25, 0.3) is 5.91 Å². The summed E-state index contributed by atoms with van der Waals surface area (Å²) in [6, 6.07) is 23.1. The minimum atomic E-state index is -0.788. The van der Waals surface area contributed by atoms with E-state index in [1.54, 1.807) is 24.3 Å². The zero-order chi connectivity index (χ0) is 26.1. The molecule has 1 aliphatic heterocycles. The maximum atomic E-state index is 13.8. The van der Waals surface area contributed by atoms with Crippen LogP contribution in [0.25, 0.3) is 10.9 Å². The fraction of sp³-hybridized carbons (Fsp3) is 0.172. The van der Waals surface area contributed by atoms with Crippen LogP contribution in [0.5, 0.6) is 0 Å². The molecule has 2 amide bonds. The topological polar surface area (TPSA) is 85.5 Å². The lowest BCUT2D eigenvalue weighted by molar-refractivity contribution is -0.124. The number of H-pyrrole nitrogens is 1. The molecule has 7 nitrogen and oxygen atoms in total. The summed E-state index contributed by atoms with van der Waals surface area (Å²) in [7, 11) is 0. The Bertz CT molecular complexity index is 1500. The fourth-order valence-electron chi connectivity index (χ4n) is 4.72. The predicted molar refractivity (Wildman–Crippen MR) is 149 cm³/mol. The standard InChI is InChI=1S/C29H26N4O3S/c1-18(20-6-4-3-5-7-20)32-26(17-27(35)31-23-11-8-22-14-15-30-25(22)16-23)28(36)33(29(32)37)24-12-9-21(10-13-24)19(2)34/h3-16,18,26,30H,17H2,1-2H3,(H,31,35). The van der Waals surface area contributed by atoms with Crippen molar-refractivity contribution in [1.29, 1.82) is 0 Å². The number of nitrogens with zero attached hydrogens (tertiary/aromatic N) is 2. The Hall–Kier alpha value is -4.30. The number of thiocarbonyl (C=S) groups is 1. The van der Waals surface area contributed by atoms with Gasteiger partial charge in [-0.3, -0.25) is 19.3 Å². The number of hydrogen-bond donors (Lipinski definition) is 2. The summed E-state index contributed by atoms with van der Waals surface area (Å²) in [6.45, 7) is 3.47. The molecule has 2 atom stereocenters. The number of fused-ring (bicyclic) bond motifs is 1. The van der Waals surface area contributed by atoms with Crippen LogP contribution in [0, 0.1) is 0 Å². The third-order valence-corrected chi connectivity index (χ3v) is 7.10. The van der Waals surface area contributed by atoms with Crippen molar-refractivity contribution in [2.75, 3.05) is 10.2 Å². The first-order chi connectivity index (χ1) is 17.8. The molecule has 0 saturated carbocycles. The molecular weight excluding hydrogens is 484 g/mol. The van der Waals surface area contributed by atoms with Crippen LogP contribution in [-0.4, -0.2) is 38.6 Å². The van der Waals surface area contributed by atoms with Gasteiger partial charge < -0.3 is 15.2 Å². The fourth-order valence-corrected chi connectivity index (χ4v) is 5.20. The van der Waals surface area contributed by atoms with Crippen LogP contribution in [0.4, 0.5) is 11.4 Å². The highest BCUT2D eigenvalue weighted by molar-refractivity contribution is 7.80. The molecule has 2 N–H and O–H groups in total. The molecule has 1 fully saturated rings. The van der Waals surface area contributed by atoms with Crippen molar-refractivity contribution in [3.63, 3.8) is 0 Å². The largest absolute Gasteiger partial charge is 0.361 e. The molecule has 2 unspecified atom stereocenters. The molecule has 8 heteroatoms. The van der Waals surface area contributed by atoms with E-state index in [4.69, 9.17) is 12.2 Å². The number of aromatic amines is 1. The molecule has 0 spiro atoms. The minimum Gasteiger partial charge on any atom is -0.361 e. The highest BCUT2D eigenvalue weighted by Crippen LogP contribution is 2.34. The summed E-state index contributed by atoms with van der Waals surface area (Å²) in [5, 5.41) is 4.29. The number of aromatic nitrogens is 1. The number of rotatable bonds is 7. The highest BCUT2D eigenvalue weighted by atomic mass is 32.1. The van der Waals surface area contributed by atoms with Crippen LogP contribution >= 0.6 is 12.2 Å². The van der Waals surface area contributed by atoms with E-state index in [1.165, 1.54) is 11.8 Å². The van der Waals surface area contributed by atoms with Gasteiger partial charge in [0.05, 0.1) is 18.2 Å². The summed E-state index contributed by atoms with van der Waals surface area (Å²) >= 11 is 5.81. The molecule has 5 rings (SSSR count). The Labute approximate surface area is 220 Å². The zero-order valence-corrected chi connectivity index (χ0v) is 21.3. The quantitative estimate of drug-likeness (QED) is 0.255. The van der Waals surface area contributed by atoms with Gasteiger partial charge in [0.2, 0.25) is 5.91 Å². The molecule has 3 aromatic carbocycles. The smallest absolute Gasteiger partial charge is 0.256 e. The van der Waals surface area contributed by atoms with E-state index >= 15 is 0 Å². The Kier molecular flexibility index (Phi) is 6.58. The number of nitrogens with one attached hydrogen (secondary N) is 2. The van der Waals surface area contributed by atoms with Crippen LogP contribution in [0.1, 0.15) is 42.2 Å². The third kappa shape index (κ3) is 4.75. The number of carbonyl (C=O) groups excluding carboxylic acids is 3. The Balaban J connectivity index is 1.44. The normalized spacial score (nSPS) is 16.3. The maximum Gasteiger partial charge on any atom is 0.256 e. The second kappa shape index (κ2) is 9.99. The molecule has 4 aromatic rings. The van der Waals surface area contributed by atoms with E-state index in [0.29, 0.717) is 22.1 Å². The lowest BCUT2D eigenvalue weighted by Crippen LogP contribution is -2.39. The van der Waals surface area contributed by atoms with Crippen LogP contribution in [-0.2, 0) is 9.59 Å². The number of Topliss-reactive ketones (excluding diaryl/α,β-unsaturated/α-hetero) is 1. The van der Waals surface area contributed by atoms with Crippen LogP contribution < -0.4 is 10.2 Å². The summed E-state index contributed by atoms with van der Waals surface area (Å²) in [4.78, 5) is 45.1. The van der Waals surface area contributed by atoms with Gasteiger partial charge in [-0.2, -0.15) is 0 Å². The van der Waals surface area contributed by atoms with Crippen LogP contribution in [0.2, 0.25) is 0 Å². The molecule has 2 heterocycles. The highest BCUT2D eigenvalue weighted by Gasteiger charge is 2.46. The Morgan fingerprint density at radius 2 is 1.76 bits per heavy atom. The van der Waals surface area contributed by atoms with Crippen molar-refractivity contribution < 1.29 is 14.4 Å². The average Bonchev–Trinajstić information content (AvgIpc) is 3.45. The molecule has 186 valence electrons. The number of anilines is 2. The van der Waals surface area contributed by atoms with Crippen LogP contribution in [0.3, 0.4) is 0 Å². The van der Waals surface area contributed by atoms with Crippen molar-refractivity contribution in [2.24, 2.45) is 0 Å². The summed E-state index contributed by atoms with van der Waals surface area (Å²) in [5.74, 6) is -0.627. The van der Waals surface area contributed by atoms with Crippen LogP contribution in [0.15, 0.2) is 85.1 Å². The Morgan fingerprint density at radius 3 is 2.46 bits per heavy atom. The second-order valence-electron chi connectivity index (χ2n) is 9.10. The van der Waals surface area contributed by atoms with Crippen molar-refractivity contribution in [2.45, 2.75) is 32.4 Å². The second-order valence-corrected chi connectivity index (χ2v) is 9.47. The van der Waals surface area contributed by atoms with Gasteiger partial charge >= 0.3 is 0 Å². The average molecular weight is 511 g/mol. The van der Waals surface area contributed by atoms with Crippen molar-refractivity contribution in [1.82, 2.24) is 9.88 Å². The zero-order valence-electron chi connectivity index (χ0n) is 20.5. The van der Waals surface area contributed by atoms with Gasteiger partial charge in [-0.25, -0.2) is 0 Å². The van der Waals surface area contributed by atoms with E-state index in [9.17, 15) is 14.4 Å². The first-order valence-corrected chi connectivity index (χ1v) is 12.4. The van der Waals surface area contributed by atoms with Gasteiger partial charge in [-0.15, -0.1) is 0 Å². The van der Waals surface area contributed by atoms with E-state index < -0.39 is 6.04 Å². The monoisotopic (exact) mass is 510 g/mol. The third-order valence-electron chi connectivity index (χ3n) is 6.70. The lowest BCUT2D eigenvalue weighted by Gasteiger charge is -2.30. The Morgan fingerprint density at radius 1 is 1.03 bits per heavy atom. The number of amides is 2. The first kappa shape index (κ1) is 24.4. The molecule has 1 aliphatic rings. The van der Waals surface area contributed by atoms with Gasteiger partial charge in [0, 0.05) is 23.0 Å². The van der Waals surface area contributed by atoms with E-state index in [-0.39, 0.29) is 30.1 Å². The molecule has 1 aromatic heterocycles. The first-order valence-electron chi connectivity index (χ1n) is 12.0. The van der Waals surface area contributed by atoms with Gasteiger partial charge in [-0.1, -0.05) is 36.4 Å². The van der Waals surface area contributed by atoms with Gasteiger partial charge in [-0.05, 0) is 79.5 Å². The summed E-state index contributed by atoms with van der Waals surface area (Å²) < 4.78 is 0. The molecule has 1 saturated heterocycles. The van der Waals surface area contributed by atoms with E-state index in [0.717, 1.165) is 16.5 Å². The SMILES string of the molecule is CC(=O)c1ccc(N2C(=O)C(CC(=O)Nc3ccc4cc[nH]c4c3)N(C(C)c3ccccc3)C2=S)cc1. The minimum absolute atomic E-state index is 0.0618. The summed E-state index contributed by atoms with van der Waals surface area (Å²) in [5.41, 5.74) is 3.65. The van der Waals surface area contributed by atoms with Crippen molar-refractivity contribution >= 4 is 57.2 Å². The van der Waals surface area contributed by atoms with Crippen molar-refractivity contribution in [3.05, 3.63) is 96.2 Å². The number of ketones is 1. The van der Waals surface area contributed by atoms with E-state index in [1.807, 2.05) is 72.6 Å². The molecule has 0 aliphatic carbocycles. The molecular formula is C29H26N4O3S. The number of hydrogen-bond acceptors (Lipinski definition) is 4. The lowest BCUT2D eigenvalue weighted by atomic mass is 10.0. The van der Waals surface area contributed by atoms with Gasteiger partial charge in [0.15, 0.2) is 10.9 Å². The van der Waals surface area contributed by atoms with Gasteiger partial charge in [0.1, 0.15) is 6.04 Å². The molecule has 0 radical (unpaired) electrons. The maximum absolute atomic E-state index is 13.8. The molecule has 37 heavy (non-hydrogen) atoms. The predicted octanol–water partition coefficient (Wildman–Crippen LogP) is 5.46. The number of benzene rings is 3. The summed E-state index contributed by atoms with van der Waals surface area (Å²) in [6.07, 6.45) is 1.77.